The number of urea groups is 1. The molecule has 1 aromatic heterocycles. The van der Waals surface area contributed by atoms with E-state index >= 15 is 0 Å². The van der Waals surface area contributed by atoms with Crippen LogP contribution in [0.15, 0.2) is 96.0 Å². The van der Waals surface area contributed by atoms with Crippen LogP contribution in [0, 0.1) is 0 Å². The van der Waals surface area contributed by atoms with Crippen molar-refractivity contribution >= 4 is 29.4 Å². The van der Waals surface area contributed by atoms with Gasteiger partial charge in [0.15, 0.2) is 0 Å². The summed E-state index contributed by atoms with van der Waals surface area (Å²) in [5.41, 5.74) is 2.79. The molecule has 0 saturated carbocycles. The molecule has 4 rings (SSSR count). The highest BCUT2D eigenvalue weighted by molar-refractivity contribution is 7.98. The monoisotopic (exact) mass is 472 g/mol. The van der Waals surface area contributed by atoms with E-state index in [1.165, 1.54) is 0 Å². The molecule has 172 valence electrons. The van der Waals surface area contributed by atoms with Crippen LogP contribution in [0.4, 0.5) is 10.5 Å². The number of hydrogen-bond donors (Lipinski definition) is 3. The fourth-order valence-electron chi connectivity index (χ4n) is 3.07. The second-order valence-corrected chi connectivity index (χ2v) is 8.41. The minimum atomic E-state index is -0.366. The molecule has 34 heavy (non-hydrogen) atoms. The Morgan fingerprint density at radius 3 is 2.26 bits per heavy atom. The van der Waals surface area contributed by atoms with Crippen molar-refractivity contribution < 1.29 is 9.59 Å². The lowest BCUT2D eigenvalue weighted by molar-refractivity contribution is 0.0951. The van der Waals surface area contributed by atoms with Gasteiger partial charge in [-0.1, -0.05) is 53.7 Å². The molecule has 1 heterocycles. The second kappa shape index (κ2) is 11.7. The fourth-order valence-corrected chi connectivity index (χ4v) is 3.83. The number of aromatic nitrogens is 3. The number of carbonyl (C=O) groups is 2. The van der Waals surface area contributed by atoms with Gasteiger partial charge in [0.05, 0.1) is 18.6 Å². The van der Waals surface area contributed by atoms with Crippen LogP contribution in [0.5, 0.6) is 0 Å². The van der Waals surface area contributed by atoms with Gasteiger partial charge in [-0.2, -0.15) is 0 Å². The van der Waals surface area contributed by atoms with Crippen molar-refractivity contribution in [2.24, 2.45) is 0 Å². The van der Waals surface area contributed by atoms with Crippen LogP contribution in [0.1, 0.15) is 21.6 Å². The van der Waals surface area contributed by atoms with Crippen molar-refractivity contribution in [1.29, 1.82) is 0 Å². The van der Waals surface area contributed by atoms with Crippen LogP contribution in [0.3, 0.4) is 0 Å². The van der Waals surface area contributed by atoms with E-state index in [9.17, 15) is 9.59 Å². The maximum absolute atomic E-state index is 12.3. The van der Waals surface area contributed by atoms with E-state index in [0.717, 1.165) is 10.5 Å². The first-order valence-corrected chi connectivity index (χ1v) is 11.7. The van der Waals surface area contributed by atoms with Gasteiger partial charge in [-0.25, -0.2) is 9.48 Å². The van der Waals surface area contributed by atoms with Crippen LogP contribution in [-0.2, 0) is 19.0 Å². The van der Waals surface area contributed by atoms with E-state index < -0.39 is 0 Å². The van der Waals surface area contributed by atoms with Crippen molar-refractivity contribution in [1.82, 2.24) is 25.6 Å². The Bertz CT molecular complexity index is 1210. The lowest BCUT2D eigenvalue weighted by Crippen LogP contribution is -2.28. The Hall–Kier alpha value is -4.11. The van der Waals surface area contributed by atoms with E-state index in [1.807, 2.05) is 60.7 Å². The zero-order chi connectivity index (χ0) is 23.6. The number of amides is 3. The van der Waals surface area contributed by atoms with Gasteiger partial charge in [0, 0.05) is 22.7 Å². The quantitative estimate of drug-likeness (QED) is 0.316. The van der Waals surface area contributed by atoms with Gasteiger partial charge < -0.3 is 16.0 Å². The summed E-state index contributed by atoms with van der Waals surface area (Å²) in [6.07, 6.45) is 1.80. The SMILES string of the molecule is O=C(NCc1cn(CSc2ccccc2)nn1)Nc1ccc(C(=O)NCc2ccccc2)cc1. The van der Waals surface area contributed by atoms with E-state index in [4.69, 9.17) is 0 Å². The number of nitrogens with one attached hydrogen (secondary N) is 3. The Morgan fingerprint density at radius 2 is 1.53 bits per heavy atom. The first-order valence-electron chi connectivity index (χ1n) is 10.7. The molecular weight excluding hydrogens is 448 g/mol. The Kier molecular flexibility index (Phi) is 7.91. The molecule has 4 aromatic rings. The zero-order valence-corrected chi connectivity index (χ0v) is 19.2. The van der Waals surface area contributed by atoms with Gasteiger partial charge in [0.1, 0.15) is 5.69 Å². The number of benzene rings is 3. The van der Waals surface area contributed by atoms with Gasteiger partial charge in [0.2, 0.25) is 0 Å². The Balaban J connectivity index is 1.20. The molecule has 0 radical (unpaired) electrons. The standard InChI is InChI=1S/C25H24N6O2S/c32-24(26-15-19-7-3-1-4-8-19)20-11-13-21(14-12-20)28-25(33)27-16-22-17-31(30-29-22)18-34-23-9-5-2-6-10-23/h1-14,17H,15-16,18H2,(H,26,32)(H2,27,28,33). The van der Waals surface area contributed by atoms with Gasteiger partial charge >= 0.3 is 6.03 Å². The lowest BCUT2D eigenvalue weighted by Gasteiger charge is -2.08. The van der Waals surface area contributed by atoms with Crippen LogP contribution in [0.2, 0.25) is 0 Å². The Labute approximate surface area is 201 Å². The predicted octanol–water partition coefficient (Wildman–Crippen LogP) is 4.28. The fraction of sp³-hybridized carbons (Fsp3) is 0.120. The largest absolute Gasteiger partial charge is 0.348 e. The lowest BCUT2D eigenvalue weighted by atomic mass is 10.2. The highest BCUT2D eigenvalue weighted by atomic mass is 32.2. The average Bonchev–Trinajstić information content (AvgIpc) is 3.34. The summed E-state index contributed by atoms with van der Waals surface area (Å²) in [7, 11) is 0. The molecule has 0 bridgehead atoms. The number of hydrogen-bond acceptors (Lipinski definition) is 5. The van der Waals surface area contributed by atoms with Crippen LogP contribution in [0.25, 0.3) is 0 Å². The van der Waals surface area contributed by atoms with Crippen LogP contribution >= 0.6 is 11.8 Å². The smallest absolute Gasteiger partial charge is 0.319 e. The molecule has 9 heteroatoms. The normalized spacial score (nSPS) is 10.5. The molecule has 0 aliphatic carbocycles. The van der Waals surface area contributed by atoms with Crippen molar-refractivity contribution in [3.63, 3.8) is 0 Å². The van der Waals surface area contributed by atoms with E-state index in [1.54, 1.807) is 46.9 Å². The second-order valence-electron chi connectivity index (χ2n) is 7.39. The number of anilines is 1. The minimum Gasteiger partial charge on any atom is -0.348 e. The summed E-state index contributed by atoms with van der Waals surface area (Å²) < 4.78 is 1.73. The van der Waals surface area contributed by atoms with Gasteiger partial charge in [-0.15, -0.1) is 16.9 Å². The molecule has 0 unspecified atom stereocenters. The number of carbonyl (C=O) groups excluding carboxylic acids is 2. The van der Waals surface area contributed by atoms with Crippen molar-refractivity contribution in [2.45, 2.75) is 23.9 Å². The topological polar surface area (TPSA) is 101 Å². The molecule has 3 N–H and O–H groups in total. The third kappa shape index (κ3) is 6.94. The van der Waals surface area contributed by atoms with Gasteiger partial charge in [-0.05, 0) is 42.0 Å². The summed E-state index contributed by atoms with van der Waals surface area (Å²) in [6, 6.07) is 26.1. The van der Waals surface area contributed by atoms with Crippen LogP contribution in [-0.4, -0.2) is 26.9 Å². The number of rotatable bonds is 9. The summed E-state index contributed by atoms with van der Waals surface area (Å²) in [5.74, 6) is 0.461. The highest BCUT2D eigenvalue weighted by Crippen LogP contribution is 2.18. The summed E-state index contributed by atoms with van der Waals surface area (Å²) >= 11 is 1.65. The van der Waals surface area contributed by atoms with Gasteiger partial charge in [0.25, 0.3) is 5.91 Å². The Morgan fingerprint density at radius 1 is 0.824 bits per heavy atom. The van der Waals surface area contributed by atoms with Crippen molar-refractivity contribution in [2.75, 3.05) is 5.32 Å². The third-order valence-electron chi connectivity index (χ3n) is 4.82. The predicted molar refractivity (Wildman–Crippen MR) is 132 cm³/mol. The molecule has 0 fully saturated rings. The maximum atomic E-state index is 12.3. The maximum Gasteiger partial charge on any atom is 0.319 e. The van der Waals surface area contributed by atoms with E-state index in [0.29, 0.717) is 29.4 Å². The molecular formula is C25H24N6O2S. The molecule has 3 aromatic carbocycles. The molecule has 3 amide bonds. The molecule has 0 aliphatic rings. The van der Waals surface area contributed by atoms with Gasteiger partial charge in [-0.3, -0.25) is 4.79 Å². The number of nitrogens with zero attached hydrogens (tertiary/aromatic N) is 3. The molecule has 0 spiro atoms. The van der Waals surface area contributed by atoms with Crippen molar-refractivity contribution in [3.8, 4) is 0 Å². The minimum absolute atomic E-state index is 0.173. The molecule has 8 nitrogen and oxygen atoms in total. The first-order chi connectivity index (χ1) is 16.7. The van der Waals surface area contributed by atoms with Crippen LogP contribution < -0.4 is 16.0 Å². The van der Waals surface area contributed by atoms with Crippen molar-refractivity contribution in [3.05, 3.63) is 108 Å². The molecule has 0 atom stereocenters. The molecule has 0 saturated heterocycles. The highest BCUT2D eigenvalue weighted by Gasteiger charge is 2.08. The third-order valence-corrected chi connectivity index (χ3v) is 5.82. The zero-order valence-electron chi connectivity index (χ0n) is 18.3. The average molecular weight is 473 g/mol. The van der Waals surface area contributed by atoms with E-state index in [-0.39, 0.29) is 18.5 Å². The summed E-state index contributed by atoms with van der Waals surface area (Å²) in [4.78, 5) is 25.7. The summed E-state index contributed by atoms with van der Waals surface area (Å²) in [5, 5.41) is 16.6. The number of thioether (sulfide) groups is 1. The molecule has 0 aliphatic heterocycles. The first kappa shape index (κ1) is 23.1. The summed E-state index contributed by atoms with van der Waals surface area (Å²) in [6.45, 7) is 0.708. The van der Waals surface area contributed by atoms with E-state index in [2.05, 4.69) is 26.3 Å².